The van der Waals surface area contributed by atoms with E-state index in [1.165, 1.54) is 16.7 Å². The molecule has 2 nitrogen and oxygen atoms in total. The van der Waals surface area contributed by atoms with Gasteiger partial charge in [-0.2, -0.15) is 0 Å². The molecule has 1 unspecified atom stereocenters. The van der Waals surface area contributed by atoms with E-state index in [4.69, 9.17) is 4.42 Å². The van der Waals surface area contributed by atoms with Gasteiger partial charge in [0, 0.05) is 12.1 Å². The van der Waals surface area contributed by atoms with Gasteiger partial charge in [-0.1, -0.05) is 24.3 Å². The molecule has 0 fully saturated rings. The smallest absolute Gasteiger partial charge is 0.0953 e. The van der Waals surface area contributed by atoms with Crippen LogP contribution >= 0.6 is 0 Å². The van der Waals surface area contributed by atoms with Crippen molar-refractivity contribution in [3.8, 4) is 0 Å². The van der Waals surface area contributed by atoms with Crippen LogP contribution in [0.15, 0.2) is 47.3 Å². The second kappa shape index (κ2) is 3.55. The fourth-order valence-corrected chi connectivity index (χ4v) is 2.24. The number of nitrogens with one attached hydrogen (secondary N) is 1. The average Bonchev–Trinajstić information content (AvgIpc) is 2.82. The number of fused-ring (bicyclic) bond motifs is 1. The minimum atomic E-state index is 0.300. The largest absolute Gasteiger partial charge is 0.472 e. The van der Waals surface area contributed by atoms with Crippen LogP contribution in [0.3, 0.4) is 0 Å². The molecule has 0 bridgehead atoms. The van der Waals surface area contributed by atoms with Crippen LogP contribution in [0.4, 0.5) is 0 Å². The minimum absolute atomic E-state index is 0.300. The van der Waals surface area contributed by atoms with Gasteiger partial charge in [0.25, 0.3) is 0 Å². The first kappa shape index (κ1) is 8.74. The summed E-state index contributed by atoms with van der Waals surface area (Å²) in [7, 11) is 0. The summed E-state index contributed by atoms with van der Waals surface area (Å²) in [6, 6.07) is 10.9. The van der Waals surface area contributed by atoms with E-state index >= 15 is 0 Å². The Morgan fingerprint density at radius 2 is 2.13 bits per heavy atom. The third kappa shape index (κ3) is 1.47. The van der Waals surface area contributed by atoms with Gasteiger partial charge in [-0.25, -0.2) is 0 Å². The number of benzene rings is 1. The maximum Gasteiger partial charge on any atom is 0.0953 e. The number of rotatable bonds is 1. The van der Waals surface area contributed by atoms with E-state index in [-0.39, 0.29) is 0 Å². The van der Waals surface area contributed by atoms with E-state index in [1.807, 2.05) is 12.3 Å². The van der Waals surface area contributed by atoms with Crippen LogP contribution in [0.2, 0.25) is 0 Å². The van der Waals surface area contributed by atoms with E-state index in [9.17, 15) is 0 Å². The van der Waals surface area contributed by atoms with E-state index in [1.54, 1.807) is 6.26 Å². The van der Waals surface area contributed by atoms with Crippen LogP contribution in [0.5, 0.6) is 0 Å². The van der Waals surface area contributed by atoms with Crippen LogP contribution in [0.25, 0.3) is 0 Å². The highest BCUT2D eigenvalue weighted by atomic mass is 16.3. The number of hydrogen-bond donors (Lipinski definition) is 1. The molecule has 0 saturated carbocycles. The first-order valence-electron chi connectivity index (χ1n) is 5.28. The minimum Gasteiger partial charge on any atom is -0.472 e. The Morgan fingerprint density at radius 1 is 1.20 bits per heavy atom. The lowest BCUT2D eigenvalue weighted by Crippen LogP contribution is -2.30. The zero-order valence-electron chi connectivity index (χ0n) is 8.44. The highest BCUT2D eigenvalue weighted by Gasteiger charge is 2.20. The molecule has 1 aliphatic heterocycles. The third-order valence-electron chi connectivity index (χ3n) is 2.99. The van der Waals surface area contributed by atoms with Gasteiger partial charge in [-0.05, 0) is 23.6 Å². The predicted molar refractivity (Wildman–Crippen MR) is 58.7 cm³/mol. The molecule has 2 heteroatoms. The first-order chi connectivity index (χ1) is 7.45. The van der Waals surface area contributed by atoms with E-state index in [0.29, 0.717) is 6.04 Å². The second-order valence-electron chi connectivity index (χ2n) is 3.89. The Balaban J connectivity index is 2.06. The lowest BCUT2D eigenvalue weighted by atomic mass is 9.91. The fourth-order valence-electron chi connectivity index (χ4n) is 2.24. The number of hydrogen-bond acceptors (Lipinski definition) is 2. The van der Waals surface area contributed by atoms with Crippen molar-refractivity contribution in [2.24, 2.45) is 0 Å². The highest BCUT2D eigenvalue weighted by molar-refractivity contribution is 5.38. The van der Waals surface area contributed by atoms with E-state index in [0.717, 1.165) is 13.0 Å². The molecule has 3 rings (SSSR count). The van der Waals surface area contributed by atoms with Gasteiger partial charge >= 0.3 is 0 Å². The van der Waals surface area contributed by atoms with Crippen LogP contribution in [0, 0.1) is 0 Å². The maximum absolute atomic E-state index is 5.14. The third-order valence-corrected chi connectivity index (χ3v) is 2.99. The van der Waals surface area contributed by atoms with E-state index in [2.05, 4.69) is 29.6 Å². The van der Waals surface area contributed by atoms with Gasteiger partial charge in [0.1, 0.15) is 0 Å². The fraction of sp³-hybridized carbons (Fsp3) is 0.231. The molecule has 76 valence electrons. The average molecular weight is 199 g/mol. The first-order valence-corrected chi connectivity index (χ1v) is 5.28. The summed E-state index contributed by atoms with van der Waals surface area (Å²) in [5.41, 5.74) is 4.04. The molecular formula is C13H13NO. The van der Waals surface area contributed by atoms with Crippen molar-refractivity contribution >= 4 is 0 Å². The normalized spacial score (nSPS) is 19.9. The van der Waals surface area contributed by atoms with Crippen molar-refractivity contribution in [3.05, 3.63) is 59.5 Å². The molecule has 1 aromatic heterocycles. The summed E-state index contributed by atoms with van der Waals surface area (Å²) in [5, 5.41) is 3.52. The van der Waals surface area contributed by atoms with Crippen LogP contribution in [-0.4, -0.2) is 6.54 Å². The van der Waals surface area contributed by atoms with Gasteiger partial charge in [0.05, 0.1) is 18.6 Å². The molecule has 1 atom stereocenters. The Kier molecular flexibility index (Phi) is 2.07. The summed E-state index contributed by atoms with van der Waals surface area (Å²) >= 11 is 0. The summed E-state index contributed by atoms with van der Waals surface area (Å²) in [6.07, 6.45) is 4.67. The van der Waals surface area contributed by atoms with Gasteiger partial charge in [-0.3, -0.25) is 0 Å². The zero-order chi connectivity index (χ0) is 10.1. The molecule has 1 aromatic carbocycles. The Hall–Kier alpha value is -1.54. The van der Waals surface area contributed by atoms with Crippen LogP contribution in [-0.2, 0) is 6.42 Å². The van der Waals surface area contributed by atoms with Gasteiger partial charge in [-0.15, -0.1) is 0 Å². The zero-order valence-corrected chi connectivity index (χ0v) is 8.44. The highest BCUT2D eigenvalue weighted by Crippen LogP contribution is 2.28. The maximum atomic E-state index is 5.14. The van der Waals surface area contributed by atoms with Gasteiger partial charge < -0.3 is 9.73 Å². The summed E-state index contributed by atoms with van der Waals surface area (Å²) < 4.78 is 5.14. The SMILES string of the molecule is c1ccc2c(c1)CCNC2c1ccoc1. The van der Waals surface area contributed by atoms with Crippen molar-refractivity contribution in [2.75, 3.05) is 6.54 Å². The standard InChI is InChI=1S/C13H13NO/c1-2-4-12-10(3-1)5-7-14-13(12)11-6-8-15-9-11/h1-4,6,8-9,13-14H,5,7H2. The monoisotopic (exact) mass is 199 g/mol. The van der Waals surface area contributed by atoms with Crippen LogP contribution < -0.4 is 5.32 Å². The topological polar surface area (TPSA) is 25.2 Å². The quantitative estimate of drug-likeness (QED) is 0.763. The van der Waals surface area contributed by atoms with Crippen molar-refractivity contribution in [3.63, 3.8) is 0 Å². The Labute approximate surface area is 88.9 Å². The molecule has 2 aromatic rings. The second-order valence-corrected chi connectivity index (χ2v) is 3.89. The van der Waals surface area contributed by atoms with E-state index < -0.39 is 0 Å². The molecule has 0 amide bonds. The molecule has 0 aliphatic carbocycles. The lowest BCUT2D eigenvalue weighted by molar-refractivity contribution is 0.537. The van der Waals surface area contributed by atoms with Crippen molar-refractivity contribution in [2.45, 2.75) is 12.5 Å². The molecule has 0 radical (unpaired) electrons. The Bertz CT molecular complexity index is 447. The number of furan rings is 1. The molecule has 1 aliphatic rings. The molecule has 1 N–H and O–H groups in total. The van der Waals surface area contributed by atoms with Crippen molar-refractivity contribution in [1.29, 1.82) is 0 Å². The lowest BCUT2D eigenvalue weighted by Gasteiger charge is -2.25. The van der Waals surface area contributed by atoms with Crippen LogP contribution in [0.1, 0.15) is 22.7 Å². The summed E-state index contributed by atoms with van der Waals surface area (Å²) in [4.78, 5) is 0. The van der Waals surface area contributed by atoms with Gasteiger partial charge in [0.15, 0.2) is 0 Å². The molecule has 0 saturated heterocycles. The van der Waals surface area contributed by atoms with Gasteiger partial charge in [0.2, 0.25) is 0 Å². The Morgan fingerprint density at radius 3 is 3.00 bits per heavy atom. The molecule has 2 heterocycles. The molecule has 0 spiro atoms. The predicted octanol–water partition coefficient (Wildman–Crippen LogP) is 2.51. The molecular weight excluding hydrogens is 186 g/mol. The molecule has 15 heavy (non-hydrogen) atoms. The van der Waals surface area contributed by atoms with Crippen molar-refractivity contribution in [1.82, 2.24) is 5.32 Å². The van der Waals surface area contributed by atoms with Crippen molar-refractivity contribution < 1.29 is 4.42 Å². The summed E-state index contributed by atoms with van der Waals surface area (Å²) in [5.74, 6) is 0. The summed E-state index contributed by atoms with van der Waals surface area (Å²) in [6.45, 7) is 1.03.